The van der Waals surface area contributed by atoms with Gasteiger partial charge in [0.2, 0.25) is 0 Å². The zero-order chi connectivity index (χ0) is 21.9. The second-order valence-corrected chi connectivity index (χ2v) is 6.45. The van der Waals surface area contributed by atoms with Gasteiger partial charge in [-0.1, -0.05) is 12.1 Å². The number of hydrogen-bond donors (Lipinski definition) is 4. The molecule has 0 saturated heterocycles. The number of halogens is 3. The molecule has 0 bridgehead atoms. The molecule has 2 amide bonds. The first-order valence-corrected chi connectivity index (χ1v) is 8.78. The molecule has 2 heterocycles. The molecule has 11 heteroatoms. The van der Waals surface area contributed by atoms with Crippen LogP contribution in [0.3, 0.4) is 0 Å². The van der Waals surface area contributed by atoms with Crippen molar-refractivity contribution < 1.29 is 18.0 Å². The summed E-state index contributed by atoms with van der Waals surface area (Å²) in [5, 5.41) is 5.55. The lowest BCUT2D eigenvalue weighted by atomic mass is 10.1. The summed E-state index contributed by atoms with van der Waals surface area (Å²) in [6.07, 6.45) is 0.372. The van der Waals surface area contributed by atoms with Crippen molar-refractivity contribution in [3.63, 3.8) is 0 Å². The van der Waals surface area contributed by atoms with Gasteiger partial charge in [-0.25, -0.2) is 15.6 Å². The monoisotopic (exact) mass is 419 g/mol. The Bertz CT molecular complexity index is 1090. The molecular formula is C19H20F3N7O. The van der Waals surface area contributed by atoms with Gasteiger partial charge in [-0.3, -0.25) is 4.40 Å². The fourth-order valence-electron chi connectivity index (χ4n) is 2.88. The number of anilines is 1. The number of pyridine rings is 1. The van der Waals surface area contributed by atoms with Gasteiger partial charge in [-0.15, -0.1) is 0 Å². The van der Waals surface area contributed by atoms with Gasteiger partial charge in [0.05, 0.1) is 17.6 Å². The summed E-state index contributed by atoms with van der Waals surface area (Å²) in [6, 6.07) is 9.40. The molecule has 0 fully saturated rings. The van der Waals surface area contributed by atoms with Crippen LogP contribution in [0.1, 0.15) is 5.56 Å². The van der Waals surface area contributed by atoms with E-state index in [4.69, 9.17) is 11.6 Å². The van der Waals surface area contributed by atoms with E-state index in [2.05, 4.69) is 10.3 Å². The highest BCUT2D eigenvalue weighted by Crippen LogP contribution is 2.25. The number of alkyl halides is 3. The summed E-state index contributed by atoms with van der Waals surface area (Å²) < 4.78 is 38.5. The standard InChI is InChI=1S/C19H20F3N7O/c1-28(24)15(9-23)13-5-6-29-16(10-25-17(29)8-13)12-3-2-4-14(7-12)27-18(30)26-11-19(20,21)22/h2-10H,11,23-24H2,1H3,(H2,26,27,30)/b15-9-. The maximum Gasteiger partial charge on any atom is 0.405 e. The molecule has 8 nitrogen and oxygen atoms in total. The molecule has 6 N–H and O–H groups in total. The average molecular weight is 419 g/mol. The van der Waals surface area contributed by atoms with Crippen LogP contribution in [0.4, 0.5) is 23.7 Å². The Morgan fingerprint density at radius 3 is 2.73 bits per heavy atom. The van der Waals surface area contributed by atoms with E-state index in [1.165, 1.54) is 11.2 Å². The van der Waals surface area contributed by atoms with Gasteiger partial charge >= 0.3 is 12.2 Å². The summed E-state index contributed by atoms with van der Waals surface area (Å²) in [6.45, 7) is -1.41. The first kappa shape index (κ1) is 21.0. The maximum atomic E-state index is 12.2. The average Bonchev–Trinajstić information content (AvgIpc) is 3.10. The van der Waals surface area contributed by atoms with Crippen molar-refractivity contribution in [3.8, 4) is 11.3 Å². The van der Waals surface area contributed by atoms with Crippen LogP contribution in [0.2, 0.25) is 0 Å². The van der Waals surface area contributed by atoms with Crippen LogP contribution in [0.25, 0.3) is 22.6 Å². The maximum absolute atomic E-state index is 12.2. The van der Waals surface area contributed by atoms with Gasteiger partial charge in [0.25, 0.3) is 0 Å². The Balaban J connectivity index is 1.84. The molecule has 2 aromatic heterocycles. The smallest absolute Gasteiger partial charge is 0.403 e. The Kier molecular flexibility index (Phi) is 5.83. The molecule has 3 rings (SSSR count). The number of nitrogens with one attached hydrogen (secondary N) is 2. The van der Waals surface area contributed by atoms with Gasteiger partial charge in [-0.05, 0) is 24.3 Å². The lowest BCUT2D eigenvalue weighted by Gasteiger charge is -2.16. The van der Waals surface area contributed by atoms with Crippen molar-refractivity contribution in [2.45, 2.75) is 6.18 Å². The van der Waals surface area contributed by atoms with E-state index in [1.54, 1.807) is 49.0 Å². The third-order valence-electron chi connectivity index (χ3n) is 4.21. The Labute approximate surface area is 169 Å². The topological polar surface area (TPSA) is 114 Å². The predicted molar refractivity (Wildman–Crippen MR) is 108 cm³/mol. The van der Waals surface area contributed by atoms with Crippen LogP contribution in [0, 0.1) is 0 Å². The molecule has 30 heavy (non-hydrogen) atoms. The number of nitrogens with two attached hydrogens (primary N) is 2. The quantitative estimate of drug-likeness (QED) is 0.375. The number of benzene rings is 1. The third kappa shape index (κ3) is 4.81. The van der Waals surface area contributed by atoms with Gasteiger partial charge in [0.15, 0.2) is 0 Å². The van der Waals surface area contributed by atoms with Crippen molar-refractivity contribution in [3.05, 3.63) is 60.6 Å². The van der Waals surface area contributed by atoms with Crippen LogP contribution < -0.4 is 22.2 Å². The minimum absolute atomic E-state index is 0.344. The molecule has 0 atom stereocenters. The molecule has 0 saturated carbocycles. The van der Waals surface area contributed by atoms with E-state index < -0.39 is 18.8 Å². The van der Waals surface area contributed by atoms with Gasteiger partial charge < -0.3 is 21.4 Å². The largest absolute Gasteiger partial charge is 0.405 e. The molecular weight excluding hydrogens is 399 g/mol. The van der Waals surface area contributed by atoms with Crippen molar-refractivity contribution in [2.75, 3.05) is 18.9 Å². The minimum atomic E-state index is -4.48. The number of carbonyl (C=O) groups is 1. The molecule has 3 aromatic rings. The Hall–Kier alpha value is -3.73. The number of carbonyl (C=O) groups excluding carboxylic acids is 1. The highest BCUT2D eigenvalue weighted by molar-refractivity contribution is 5.90. The van der Waals surface area contributed by atoms with Crippen molar-refractivity contribution in [1.29, 1.82) is 0 Å². The van der Waals surface area contributed by atoms with Crippen LogP contribution in [-0.4, -0.2) is 40.2 Å². The van der Waals surface area contributed by atoms with E-state index in [1.807, 2.05) is 16.5 Å². The van der Waals surface area contributed by atoms with Gasteiger partial charge in [0.1, 0.15) is 12.2 Å². The zero-order valence-corrected chi connectivity index (χ0v) is 15.9. The molecule has 1 aromatic carbocycles. The molecule has 0 aliphatic carbocycles. The summed E-state index contributed by atoms with van der Waals surface area (Å²) in [4.78, 5) is 16.1. The number of fused-ring (bicyclic) bond motifs is 1. The number of nitrogens with zero attached hydrogens (tertiary/aromatic N) is 3. The third-order valence-corrected chi connectivity index (χ3v) is 4.21. The highest BCUT2D eigenvalue weighted by atomic mass is 19.4. The lowest BCUT2D eigenvalue weighted by Crippen LogP contribution is -2.36. The number of amides is 2. The molecule has 0 aliphatic heterocycles. The predicted octanol–water partition coefficient (Wildman–Crippen LogP) is 2.75. The van der Waals surface area contributed by atoms with E-state index in [-0.39, 0.29) is 0 Å². The molecule has 0 unspecified atom stereocenters. The molecule has 0 aliphatic rings. The van der Waals surface area contributed by atoms with Crippen LogP contribution >= 0.6 is 0 Å². The highest BCUT2D eigenvalue weighted by Gasteiger charge is 2.27. The fourth-order valence-corrected chi connectivity index (χ4v) is 2.88. The lowest BCUT2D eigenvalue weighted by molar-refractivity contribution is -0.122. The minimum Gasteiger partial charge on any atom is -0.403 e. The normalized spacial score (nSPS) is 12.1. The Morgan fingerprint density at radius 2 is 2.07 bits per heavy atom. The van der Waals surface area contributed by atoms with Crippen LogP contribution in [0.5, 0.6) is 0 Å². The summed E-state index contributed by atoms with van der Waals surface area (Å²) >= 11 is 0. The van der Waals surface area contributed by atoms with Crippen molar-refractivity contribution in [1.82, 2.24) is 19.7 Å². The number of aromatic nitrogens is 2. The summed E-state index contributed by atoms with van der Waals surface area (Å²) in [7, 11) is 1.67. The first-order chi connectivity index (χ1) is 14.2. The summed E-state index contributed by atoms with van der Waals surface area (Å²) in [5.41, 5.74) is 9.48. The number of imidazole rings is 1. The number of hydrazine groups is 1. The van der Waals surface area contributed by atoms with Gasteiger partial charge in [0, 0.05) is 36.3 Å². The number of urea groups is 1. The SMILES string of the molecule is CN(N)/C(=C\N)c1ccn2c(-c3cccc(NC(=O)NCC(F)(F)F)c3)cnc2c1. The van der Waals surface area contributed by atoms with Gasteiger partial charge in [-0.2, -0.15) is 13.2 Å². The zero-order valence-electron chi connectivity index (χ0n) is 15.9. The fraction of sp³-hybridized carbons (Fsp3) is 0.158. The van der Waals surface area contributed by atoms with Crippen molar-refractivity contribution in [2.24, 2.45) is 11.6 Å². The molecule has 0 radical (unpaired) electrons. The van der Waals surface area contributed by atoms with E-state index >= 15 is 0 Å². The second kappa shape index (κ2) is 8.33. The summed E-state index contributed by atoms with van der Waals surface area (Å²) in [5.74, 6) is 5.78. The van der Waals surface area contributed by atoms with E-state index in [0.29, 0.717) is 17.0 Å². The van der Waals surface area contributed by atoms with Crippen LogP contribution in [-0.2, 0) is 0 Å². The van der Waals surface area contributed by atoms with Crippen molar-refractivity contribution >= 4 is 23.1 Å². The number of rotatable bonds is 5. The van der Waals surface area contributed by atoms with E-state index in [0.717, 1.165) is 16.8 Å². The van der Waals surface area contributed by atoms with Crippen LogP contribution in [0.15, 0.2) is 55.0 Å². The first-order valence-electron chi connectivity index (χ1n) is 8.78. The number of hydrogen-bond acceptors (Lipinski definition) is 5. The second-order valence-electron chi connectivity index (χ2n) is 6.45. The molecule has 0 spiro atoms. The van der Waals surface area contributed by atoms with E-state index in [9.17, 15) is 18.0 Å². The Morgan fingerprint density at radius 1 is 1.30 bits per heavy atom. The molecule has 158 valence electrons.